The first-order valence-electron chi connectivity index (χ1n) is 12.0. The minimum absolute atomic E-state index is 0.0165. The summed E-state index contributed by atoms with van der Waals surface area (Å²) >= 11 is 5.91. The third-order valence-electron chi connectivity index (χ3n) is 8.14. The Hall–Kier alpha value is -1.98. The zero-order chi connectivity index (χ0) is 24.4. The molecule has 0 amide bonds. The molecule has 0 unspecified atom stereocenters. The van der Waals surface area contributed by atoms with Crippen molar-refractivity contribution in [3.05, 3.63) is 28.9 Å². The Morgan fingerprint density at radius 1 is 1.14 bits per heavy atom. The van der Waals surface area contributed by atoms with Crippen LogP contribution in [0, 0.1) is 5.41 Å². The Labute approximate surface area is 209 Å². The van der Waals surface area contributed by atoms with Crippen molar-refractivity contribution < 1.29 is 18.1 Å². The standard InChI is InChI=1S/C23H27ClF2N6O2S/c24-15-9-27-18(28-10-15)14-2-6-21(7-3-14)11-32(12-21)20-29-16-8-23(25,26)35(34)17(16)19(30-20)31-22(13-33)4-1-5-22/h9-10,14,33H,1-8,11-13H2,(H,29,30,31)/t35-/m1/s1. The number of alkyl halides is 2. The van der Waals surface area contributed by atoms with Crippen molar-refractivity contribution in [1.82, 2.24) is 19.9 Å². The molecular formula is C23H27ClF2N6O2S. The molecule has 2 saturated carbocycles. The van der Waals surface area contributed by atoms with Crippen molar-refractivity contribution in [1.29, 1.82) is 0 Å². The number of aromatic nitrogens is 4. The Kier molecular flexibility index (Phi) is 5.54. The number of anilines is 2. The number of nitrogens with zero attached hydrogens (tertiary/aromatic N) is 5. The molecule has 4 aliphatic rings. The molecule has 0 aromatic carbocycles. The van der Waals surface area contributed by atoms with Crippen LogP contribution in [0.4, 0.5) is 20.5 Å². The molecule has 8 nitrogen and oxygen atoms in total. The van der Waals surface area contributed by atoms with Gasteiger partial charge in [0.1, 0.15) is 27.3 Å². The molecule has 6 rings (SSSR count). The van der Waals surface area contributed by atoms with Gasteiger partial charge in [0, 0.05) is 36.8 Å². The van der Waals surface area contributed by atoms with Crippen molar-refractivity contribution in [2.45, 2.75) is 73.0 Å². The molecule has 2 aromatic heterocycles. The van der Waals surface area contributed by atoms with E-state index in [4.69, 9.17) is 11.6 Å². The van der Waals surface area contributed by atoms with Gasteiger partial charge in [0.15, 0.2) is 0 Å². The van der Waals surface area contributed by atoms with Crippen LogP contribution in [-0.2, 0) is 17.2 Å². The van der Waals surface area contributed by atoms with Gasteiger partial charge in [-0.1, -0.05) is 11.6 Å². The summed E-state index contributed by atoms with van der Waals surface area (Å²) in [5.41, 5.74) is -0.316. The van der Waals surface area contributed by atoms with Crippen molar-refractivity contribution in [2.24, 2.45) is 5.41 Å². The van der Waals surface area contributed by atoms with E-state index < -0.39 is 28.0 Å². The van der Waals surface area contributed by atoms with Crippen LogP contribution in [0.25, 0.3) is 0 Å². The van der Waals surface area contributed by atoms with Crippen LogP contribution in [-0.4, -0.2) is 59.7 Å². The number of hydrogen-bond acceptors (Lipinski definition) is 8. The fraction of sp³-hybridized carbons (Fsp3) is 0.652. The summed E-state index contributed by atoms with van der Waals surface area (Å²) in [7, 11) is -2.52. The molecule has 0 bridgehead atoms. The predicted octanol–water partition coefficient (Wildman–Crippen LogP) is 3.67. The van der Waals surface area contributed by atoms with Crippen molar-refractivity contribution >= 4 is 34.2 Å². The first kappa shape index (κ1) is 23.4. The molecule has 1 spiro atoms. The second-order valence-electron chi connectivity index (χ2n) is 10.5. The zero-order valence-electron chi connectivity index (χ0n) is 19.1. The van der Waals surface area contributed by atoms with Crippen molar-refractivity contribution in [3.63, 3.8) is 0 Å². The first-order chi connectivity index (χ1) is 16.7. The number of aliphatic hydroxyl groups excluding tert-OH is 1. The lowest BCUT2D eigenvalue weighted by molar-refractivity contribution is 0.103. The van der Waals surface area contributed by atoms with Gasteiger partial charge in [0.2, 0.25) is 5.95 Å². The van der Waals surface area contributed by atoms with Gasteiger partial charge in [-0.3, -0.25) is 0 Å². The van der Waals surface area contributed by atoms with E-state index in [2.05, 4.69) is 25.3 Å². The van der Waals surface area contributed by atoms with Gasteiger partial charge in [-0.2, -0.15) is 13.8 Å². The van der Waals surface area contributed by atoms with Crippen LogP contribution < -0.4 is 10.2 Å². The SMILES string of the molecule is O=[S@@]1c2c(nc(N3CC4(CCC(c5ncc(Cl)cn5)CC4)C3)nc2NC2(CO)CCC2)CC1(F)F. The summed E-state index contributed by atoms with van der Waals surface area (Å²) in [4.78, 5) is 19.8. The molecule has 2 aliphatic heterocycles. The largest absolute Gasteiger partial charge is 0.394 e. The quantitative estimate of drug-likeness (QED) is 0.610. The third-order valence-corrected chi connectivity index (χ3v) is 9.82. The van der Waals surface area contributed by atoms with Gasteiger partial charge in [-0.25, -0.2) is 19.2 Å². The fourth-order valence-corrected chi connectivity index (χ4v) is 7.12. The molecule has 3 fully saturated rings. The number of nitrogens with one attached hydrogen (secondary N) is 1. The highest BCUT2D eigenvalue weighted by Crippen LogP contribution is 2.50. The third kappa shape index (κ3) is 3.99. The van der Waals surface area contributed by atoms with Crippen molar-refractivity contribution in [3.8, 4) is 0 Å². The van der Waals surface area contributed by atoms with E-state index in [0.29, 0.717) is 29.7 Å². The summed E-state index contributed by atoms with van der Waals surface area (Å²) < 4.78 is 41.3. The Morgan fingerprint density at radius 3 is 2.43 bits per heavy atom. The van der Waals surface area contributed by atoms with E-state index >= 15 is 0 Å². The van der Waals surface area contributed by atoms with Gasteiger partial charge in [0.05, 0.1) is 29.3 Å². The second kappa shape index (κ2) is 8.27. The number of aliphatic hydroxyl groups is 1. The molecular weight excluding hydrogens is 498 g/mol. The highest BCUT2D eigenvalue weighted by atomic mass is 35.5. The molecule has 1 atom stereocenters. The van der Waals surface area contributed by atoms with Crippen molar-refractivity contribution in [2.75, 3.05) is 29.9 Å². The maximum atomic E-state index is 14.4. The molecule has 188 valence electrons. The lowest BCUT2D eigenvalue weighted by atomic mass is 9.66. The van der Waals surface area contributed by atoms with E-state index in [0.717, 1.165) is 51.0 Å². The Morgan fingerprint density at radius 2 is 1.83 bits per heavy atom. The van der Waals surface area contributed by atoms with Crippen LogP contribution in [0.5, 0.6) is 0 Å². The maximum Gasteiger partial charge on any atom is 0.331 e. The van der Waals surface area contributed by atoms with E-state index in [1.54, 1.807) is 12.4 Å². The summed E-state index contributed by atoms with van der Waals surface area (Å²) in [5.74, 6) is 1.72. The van der Waals surface area contributed by atoms with E-state index in [-0.39, 0.29) is 28.4 Å². The minimum Gasteiger partial charge on any atom is -0.394 e. The number of fused-ring (bicyclic) bond motifs is 1. The van der Waals surface area contributed by atoms with Gasteiger partial charge in [-0.05, 0) is 44.9 Å². The summed E-state index contributed by atoms with van der Waals surface area (Å²) in [6.07, 6.45) is 8.98. The summed E-state index contributed by atoms with van der Waals surface area (Å²) in [5, 5.41) is 10.2. The second-order valence-corrected chi connectivity index (χ2v) is 12.5. The average molecular weight is 525 g/mol. The van der Waals surface area contributed by atoms with Crippen LogP contribution in [0.15, 0.2) is 17.3 Å². The smallest absolute Gasteiger partial charge is 0.331 e. The highest BCUT2D eigenvalue weighted by Gasteiger charge is 2.51. The molecule has 2 aliphatic carbocycles. The number of hydrogen-bond donors (Lipinski definition) is 2. The van der Waals surface area contributed by atoms with Gasteiger partial charge in [-0.15, -0.1) is 0 Å². The van der Waals surface area contributed by atoms with E-state index in [9.17, 15) is 18.1 Å². The zero-order valence-corrected chi connectivity index (χ0v) is 20.7. The van der Waals surface area contributed by atoms with E-state index in [1.165, 1.54) is 0 Å². The minimum atomic E-state index is -3.36. The van der Waals surface area contributed by atoms with E-state index in [1.807, 2.05) is 4.90 Å². The molecule has 4 heterocycles. The lowest BCUT2D eigenvalue weighted by Gasteiger charge is -2.53. The Bertz CT molecular complexity index is 1160. The summed E-state index contributed by atoms with van der Waals surface area (Å²) in [6, 6.07) is 0. The maximum absolute atomic E-state index is 14.4. The van der Waals surface area contributed by atoms with Crippen LogP contribution in [0.3, 0.4) is 0 Å². The predicted molar refractivity (Wildman–Crippen MR) is 127 cm³/mol. The van der Waals surface area contributed by atoms with Gasteiger partial charge >= 0.3 is 5.25 Å². The van der Waals surface area contributed by atoms with Crippen LogP contribution in [0.1, 0.15) is 62.4 Å². The number of halogens is 3. The van der Waals surface area contributed by atoms with Crippen LogP contribution in [0.2, 0.25) is 5.02 Å². The van der Waals surface area contributed by atoms with Gasteiger partial charge in [0.25, 0.3) is 0 Å². The van der Waals surface area contributed by atoms with Crippen LogP contribution >= 0.6 is 11.6 Å². The number of rotatable bonds is 5. The fourth-order valence-electron chi connectivity index (χ4n) is 5.85. The monoisotopic (exact) mass is 524 g/mol. The topological polar surface area (TPSA) is 104 Å². The highest BCUT2D eigenvalue weighted by molar-refractivity contribution is 7.86. The first-order valence-corrected chi connectivity index (χ1v) is 13.6. The molecule has 2 N–H and O–H groups in total. The molecule has 1 saturated heterocycles. The summed E-state index contributed by atoms with van der Waals surface area (Å²) in [6.45, 7) is 1.38. The molecule has 12 heteroatoms. The lowest BCUT2D eigenvalue weighted by Crippen LogP contribution is -2.58. The molecule has 2 aromatic rings. The Balaban J connectivity index is 1.19. The molecule has 0 radical (unpaired) electrons. The molecule has 35 heavy (non-hydrogen) atoms. The van der Waals surface area contributed by atoms with Gasteiger partial charge < -0.3 is 15.3 Å². The normalized spacial score (nSPS) is 26.2. The average Bonchev–Trinajstić information content (AvgIpc) is 3.03.